The van der Waals surface area contributed by atoms with Crippen LogP contribution in [0.2, 0.25) is 0 Å². The quantitative estimate of drug-likeness (QED) is 0.0484. The summed E-state index contributed by atoms with van der Waals surface area (Å²) in [5.41, 5.74) is 2.60. The molecule has 0 spiro atoms. The summed E-state index contributed by atoms with van der Waals surface area (Å²) in [7, 11) is 4.57. The normalized spacial score (nSPS) is 27.2. The maximum absolute atomic E-state index is 13.8. The maximum atomic E-state index is 13.8. The average molecular weight is 762 g/mol. The van der Waals surface area contributed by atoms with E-state index in [0.29, 0.717) is 82.9 Å². The summed E-state index contributed by atoms with van der Waals surface area (Å²) < 4.78 is 22.5. The molecule has 54 heavy (non-hydrogen) atoms. The predicted octanol–water partition coefficient (Wildman–Crippen LogP) is 8.33. The number of H-pyrrole nitrogens is 1. The Balaban J connectivity index is 0.986. The number of aliphatic hydroxyl groups is 1. The standard InChI is InChI=1S/C41H48ClN3O9/c1-49-34-19-24-18-33(43-35(24)38(51-3)37(34)50-2)39(46)44-31-20-32(29-9-5-4-8-28(29)30(31)10-12-42)45-40(47)52-27-7-6-11-41(48,21-27)54-53-36-25-14-22-13-23(16-25)17-26(36)15-22/h4-5,8-9,18-20,22-23,25-27,36,43,48H,6-7,10-17,21H2,1-3H3,(H,44,46)(H,45,47)/t22?,23?,25?,26?,27?,36?,41-/m1/s1. The smallest absolute Gasteiger partial charge is 0.411 e. The molecule has 1 unspecified atom stereocenters. The first-order valence-electron chi connectivity index (χ1n) is 19.0. The molecule has 5 fully saturated rings. The molecular weight excluding hydrogens is 714 g/mol. The number of anilines is 2. The van der Waals surface area contributed by atoms with Crippen molar-refractivity contribution in [2.24, 2.45) is 23.7 Å². The number of hydrogen-bond acceptors (Lipinski definition) is 9. The summed E-state index contributed by atoms with van der Waals surface area (Å²) in [4.78, 5) is 42.4. The van der Waals surface area contributed by atoms with Crippen LogP contribution in [-0.4, -0.2) is 67.3 Å². The molecule has 0 radical (unpaired) electrons. The minimum Gasteiger partial charge on any atom is -0.493 e. The van der Waals surface area contributed by atoms with Gasteiger partial charge in [0.1, 0.15) is 11.8 Å². The van der Waals surface area contributed by atoms with Crippen LogP contribution in [0.5, 0.6) is 17.2 Å². The van der Waals surface area contributed by atoms with E-state index in [4.69, 9.17) is 40.3 Å². The number of fused-ring (bicyclic) bond motifs is 2. The second-order valence-electron chi connectivity index (χ2n) is 15.5. The van der Waals surface area contributed by atoms with E-state index in [9.17, 15) is 14.7 Å². The van der Waals surface area contributed by atoms with Crippen molar-refractivity contribution in [1.29, 1.82) is 0 Å². The minimum absolute atomic E-state index is 0.0158. The number of halogens is 1. The number of carbonyl (C=O) groups excluding carboxylic acids is 2. The number of hydrogen-bond donors (Lipinski definition) is 4. The van der Waals surface area contributed by atoms with Gasteiger partial charge >= 0.3 is 6.09 Å². The Morgan fingerprint density at radius 3 is 2.31 bits per heavy atom. The van der Waals surface area contributed by atoms with Gasteiger partial charge in [-0.25, -0.2) is 14.6 Å². The number of alkyl halides is 1. The van der Waals surface area contributed by atoms with Crippen LogP contribution in [0.25, 0.3) is 21.7 Å². The summed E-state index contributed by atoms with van der Waals surface area (Å²) in [6.45, 7) is 0. The highest BCUT2D eigenvalue weighted by Gasteiger charge is 2.50. The molecule has 4 N–H and O–H groups in total. The average Bonchev–Trinajstić information content (AvgIpc) is 3.59. The van der Waals surface area contributed by atoms with Gasteiger partial charge in [0, 0.05) is 35.2 Å². The van der Waals surface area contributed by atoms with Crippen LogP contribution >= 0.6 is 11.6 Å². The monoisotopic (exact) mass is 761 g/mol. The fraction of sp³-hybridized carbons (Fsp3) is 0.512. The van der Waals surface area contributed by atoms with Crippen LogP contribution < -0.4 is 24.8 Å². The minimum atomic E-state index is -1.53. The molecule has 5 aliphatic carbocycles. The number of methoxy groups -OCH3 is 3. The number of benzene rings is 3. The number of ether oxygens (including phenoxy) is 4. The molecule has 0 aliphatic heterocycles. The second kappa shape index (κ2) is 15.1. The van der Waals surface area contributed by atoms with E-state index >= 15 is 0 Å². The molecule has 1 aromatic heterocycles. The number of rotatable bonds is 12. The molecule has 0 saturated heterocycles. The number of aromatic amines is 1. The third-order valence-corrected chi connectivity index (χ3v) is 12.2. The zero-order valence-electron chi connectivity index (χ0n) is 30.9. The molecule has 9 rings (SSSR count). The van der Waals surface area contributed by atoms with Crippen LogP contribution in [0.1, 0.15) is 73.8 Å². The summed E-state index contributed by atoms with van der Waals surface area (Å²) >= 11 is 6.27. The van der Waals surface area contributed by atoms with Crippen LogP contribution in [0.15, 0.2) is 42.5 Å². The van der Waals surface area contributed by atoms with Crippen molar-refractivity contribution in [3.05, 3.63) is 53.7 Å². The third-order valence-electron chi connectivity index (χ3n) is 12.0. The van der Waals surface area contributed by atoms with Gasteiger partial charge in [0.15, 0.2) is 11.5 Å². The SMILES string of the molecule is COc1cc2cc(C(=O)Nc3cc(NC(=O)OC4CCC[C@@](O)(OOC5C6CC7CC(C6)CC5C7)C4)c4ccccc4c3CCCl)[nH]c2c(OC)c1OC. The van der Waals surface area contributed by atoms with Crippen LogP contribution in [-0.2, 0) is 20.9 Å². The molecule has 5 saturated carbocycles. The zero-order valence-corrected chi connectivity index (χ0v) is 31.6. The predicted molar refractivity (Wildman–Crippen MR) is 205 cm³/mol. The van der Waals surface area contributed by atoms with E-state index < -0.39 is 23.9 Å². The highest BCUT2D eigenvalue weighted by Crippen LogP contribution is 2.55. The fourth-order valence-electron chi connectivity index (χ4n) is 9.88. The summed E-state index contributed by atoms with van der Waals surface area (Å²) in [6.07, 6.45) is 7.01. The molecular formula is C41H48ClN3O9. The lowest BCUT2D eigenvalue weighted by Gasteiger charge is -2.53. The lowest BCUT2D eigenvalue weighted by Crippen LogP contribution is -2.51. The van der Waals surface area contributed by atoms with Crippen molar-refractivity contribution < 1.29 is 43.4 Å². The number of carbonyl (C=O) groups is 2. The van der Waals surface area contributed by atoms with Crippen molar-refractivity contribution in [3.8, 4) is 17.2 Å². The van der Waals surface area contributed by atoms with E-state index in [-0.39, 0.29) is 18.2 Å². The van der Waals surface area contributed by atoms with Gasteiger partial charge in [-0.3, -0.25) is 10.1 Å². The Labute approximate surface area is 319 Å². The Hall–Kier alpha value is -4.23. The van der Waals surface area contributed by atoms with Gasteiger partial charge in [-0.05, 0) is 104 Å². The molecule has 13 heteroatoms. The molecule has 5 aliphatic rings. The van der Waals surface area contributed by atoms with E-state index in [1.165, 1.54) is 53.4 Å². The molecule has 2 atom stereocenters. The first-order chi connectivity index (χ1) is 26.2. The highest BCUT2D eigenvalue weighted by atomic mass is 35.5. The van der Waals surface area contributed by atoms with Gasteiger partial charge in [-0.1, -0.05) is 24.3 Å². The van der Waals surface area contributed by atoms with Crippen molar-refractivity contribution in [3.63, 3.8) is 0 Å². The topological polar surface area (TPSA) is 150 Å². The largest absolute Gasteiger partial charge is 0.493 e. The van der Waals surface area contributed by atoms with Crippen molar-refractivity contribution in [2.75, 3.05) is 37.8 Å². The highest BCUT2D eigenvalue weighted by molar-refractivity contribution is 6.18. The van der Waals surface area contributed by atoms with Gasteiger partial charge in [0.2, 0.25) is 11.5 Å². The van der Waals surface area contributed by atoms with Gasteiger partial charge in [0.05, 0.1) is 38.6 Å². The number of amides is 2. The van der Waals surface area contributed by atoms with Gasteiger partial charge in [-0.15, -0.1) is 11.6 Å². The van der Waals surface area contributed by atoms with Gasteiger partial charge in [0.25, 0.3) is 5.91 Å². The lowest BCUT2D eigenvalue weighted by molar-refractivity contribution is -0.461. The second-order valence-corrected chi connectivity index (χ2v) is 15.8. The van der Waals surface area contributed by atoms with Crippen molar-refractivity contribution >= 4 is 56.7 Å². The molecule has 2 amide bonds. The first kappa shape index (κ1) is 36.7. The maximum Gasteiger partial charge on any atom is 0.411 e. The van der Waals surface area contributed by atoms with Crippen LogP contribution in [0.4, 0.5) is 16.2 Å². The molecule has 4 aromatic rings. The van der Waals surface area contributed by atoms with Crippen molar-refractivity contribution in [1.82, 2.24) is 4.98 Å². The number of aryl methyl sites for hydroxylation is 1. The third kappa shape index (κ3) is 7.05. The van der Waals surface area contributed by atoms with Gasteiger partial charge < -0.3 is 34.4 Å². The fourth-order valence-corrected chi connectivity index (χ4v) is 10.1. The number of nitrogens with one attached hydrogen (secondary N) is 3. The van der Waals surface area contributed by atoms with Crippen molar-refractivity contribution in [2.45, 2.75) is 82.2 Å². The van der Waals surface area contributed by atoms with E-state index in [0.717, 1.165) is 28.2 Å². The molecule has 3 aromatic carbocycles. The Bertz CT molecular complexity index is 2020. The first-order valence-corrected chi connectivity index (χ1v) is 19.5. The Morgan fingerprint density at radius 2 is 1.63 bits per heavy atom. The Morgan fingerprint density at radius 1 is 0.907 bits per heavy atom. The Kier molecular flexibility index (Phi) is 10.3. The number of aromatic nitrogens is 1. The van der Waals surface area contributed by atoms with Crippen LogP contribution in [0, 0.1) is 23.7 Å². The van der Waals surface area contributed by atoms with E-state index in [1.54, 1.807) is 18.2 Å². The molecule has 1 heterocycles. The summed E-state index contributed by atoms with van der Waals surface area (Å²) in [5, 5.41) is 19.7. The zero-order chi connectivity index (χ0) is 37.6. The van der Waals surface area contributed by atoms with E-state index in [2.05, 4.69) is 15.6 Å². The summed E-state index contributed by atoms with van der Waals surface area (Å²) in [5.74, 6) is 2.23. The lowest BCUT2D eigenvalue weighted by atomic mass is 9.55. The summed E-state index contributed by atoms with van der Waals surface area (Å²) in [6, 6.07) is 12.8. The molecule has 12 nitrogen and oxygen atoms in total. The van der Waals surface area contributed by atoms with Gasteiger partial charge in [-0.2, -0.15) is 0 Å². The molecule has 288 valence electrons. The molecule has 4 bridgehead atoms. The van der Waals surface area contributed by atoms with Crippen LogP contribution in [0.3, 0.4) is 0 Å². The van der Waals surface area contributed by atoms with E-state index in [1.807, 2.05) is 24.3 Å².